The maximum absolute atomic E-state index is 12.0. The molecule has 108 valence electrons. The van der Waals surface area contributed by atoms with Gasteiger partial charge in [-0.1, -0.05) is 18.2 Å². The number of hydrogen-bond acceptors (Lipinski definition) is 5. The van der Waals surface area contributed by atoms with Gasteiger partial charge in [-0.2, -0.15) is 0 Å². The Morgan fingerprint density at radius 3 is 2.62 bits per heavy atom. The highest BCUT2D eigenvalue weighted by Crippen LogP contribution is 2.21. The van der Waals surface area contributed by atoms with Gasteiger partial charge in [-0.25, -0.2) is 4.98 Å². The van der Waals surface area contributed by atoms with E-state index in [1.165, 1.54) is 18.3 Å². The minimum atomic E-state index is -0.668. The maximum Gasteiger partial charge on any atom is 0.311 e. The van der Waals surface area contributed by atoms with Gasteiger partial charge in [-0.3, -0.25) is 14.9 Å². The van der Waals surface area contributed by atoms with E-state index in [1.54, 1.807) is 31.2 Å². The number of aromatic nitrogens is 1. The molecule has 7 heteroatoms. The predicted molar refractivity (Wildman–Crippen MR) is 79.0 cm³/mol. The van der Waals surface area contributed by atoms with Crippen LogP contribution in [0.5, 0.6) is 0 Å². The monoisotopic (exact) mass is 286 g/mol. The molecule has 0 aliphatic heterocycles. The first-order valence-electron chi connectivity index (χ1n) is 6.30. The zero-order valence-electron chi connectivity index (χ0n) is 11.3. The van der Waals surface area contributed by atoms with Gasteiger partial charge in [0, 0.05) is 18.0 Å². The quantitative estimate of drug-likeness (QED) is 0.650. The molecule has 1 heterocycles. The van der Waals surface area contributed by atoms with Crippen LogP contribution in [-0.4, -0.2) is 21.9 Å². The molecule has 0 aliphatic rings. The minimum absolute atomic E-state index is 0.0678. The Morgan fingerprint density at radius 2 is 1.95 bits per heavy atom. The topological polar surface area (TPSA) is 97.2 Å². The van der Waals surface area contributed by atoms with Gasteiger partial charge in [0.15, 0.2) is 0 Å². The zero-order valence-corrected chi connectivity index (χ0v) is 11.3. The molecule has 0 bridgehead atoms. The second-order valence-electron chi connectivity index (χ2n) is 4.35. The summed E-state index contributed by atoms with van der Waals surface area (Å²) in [5.74, 6) is -0.237. The summed E-state index contributed by atoms with van der Waals surface area (Å²) < 4.78 is 0. The molecule has 0 aliphatic carbocycles. The number of rotatable bonds is 5. The second kappa shape index (κ2) is 6.47. The molecule has 0 spiro atoms. The largest absolute Gasteiger partial charge is 0.353 e. The van der Waals surface area contributed by atoms with Crippen molar-refractivity contribution in [1.29, 1.82) is 0 Å². The van der Waals surface area contributed by atoms with Crippen LogP contribution in [0.1, 0.15) is 6.92 Å². The van der Waals surface area contributed by atoms with Gasteiger partial charge in [-0.05, 0) is 25.1 Å². The zero-order chi connectivity index (χ0) is 15.2. The lowest BCUT2D eigenvalue weighted by molar-refractivity contribution is -0.384. The normalized spacial score (nSPS) is 11.5. The molecule has 0 unspecified atom stereocenters. The van der Waals surface area contributed by atoms with Crippen LogP contribution in [0.2, 0.25) is 0 Å². The summed E-state index contributed by atoms with van der Waals surface area (Å²) in [6.45, 7) is 1.61. The van der Waals surface area contributed by atoms with Crippen LogP contribution in [0.4, 0.5) is 17.2 Å². The number of nitro groups is 1. The van der Waals surface area contributed by atoms with Gasteiger partial charge in [-0.15, -0.1) is 0 Å². The Morgan fingerprint density at radius 1 is 1.24 bits per heavy atom. The number of benzene rings is 1. The summed E-state index contributed by atoms with van der Waals surface area (Å²) in [5, 5.41) is 16.3. The number of carbonyl (C=O) groups excluding carboxylic acids is 1. The van der Waals surface area contributed by atoms with Crippen molar-refractivity contribution in [2.45, 2.75) is 13.0 Å². The van der Waals surface area contributed by atoms with Gasteiger partial charge < -0.3 is 10.6 Å². The molecule has 2 aromatic rings. The summed E-state index contributed by atoms with van der Waals surface area (Å²) in [5.41, 5.74) is 0.489. The number of anilines is 2. The number of nitrogens with zero attached hydrogens (tertiary/aromatic N) is 2. The van der Waals surface area contributed by atoms with Crippen molar-refractivity contribution in [2.24, 2.45) is 0 Å². The third-order valence-electron chi connectivity index (χ3n) is 2.77. The van der Waals surface area contributed by atoms with Gasteiger partial charge in [0.25, 0.3) is 0 Å². The summed E-state index contributed by atoms with van der Waals surface area (Å²) in [7, 11) is 0. The number of hydrogen-bond donors (Lipinski definition) is 2. The van der Waals surface area contributed by atoms with E-state index in [2.05, 4.69) is 15.6 Å². The predicted octanol–water partition coefficient (Wildman–Crippen LogP) is 2.43. The maximum atomic E-state index is 12.0. The third-order valence-corrected chi connectivity index (χ3v) is 2.77. The Bertz CT molecular complexity index is 646. The van der Waals surface area contributed by atoms with Crippen LogP contribution >= 0.6 is 0 Å². The first kappa shape index (κ1) is 14.4. The standard InChI is InChI=1S/C14H14N4O3/c1-10(14(19)17-11-6-3-2-4-7-11)16-13-12(18(20)21)8-5-9-15-13/h2-10H,1H3,(H,15,16)(H,17,19)/t10-/m0/s1. The molecule has 1 atom stereocenters. The first-order chi connectivity index (χ1) is 10.1. The summed E-state index contributed by atoms with van der Waals surface area (Å²) in [6, 6.07) is 11.1. The average Bonchev–Trinajstić information content (AvgIpc) is 2.48. The summed E-state index contributed by atoms with van der Waals surface area (Å²) in [6.07, 6.45) is 1.43. The summed E-state index contributed by atoms with van der Waals surface area (Å²) >= 11 is 0. The van der Waals surface area contributed by atoms with E-state index in [-0.39, 0.29) is 17.4 Å². The number of pyridine rings is 1. The van der Waals surface area contributed by atoms with Crippen molar-refractivity contribution in [2.75, 3.05) is 10.6 Å². The molecule has 21 heavy (non-hydrogen) atoms. The van der Waals surface area contributed by atoms with Crippen molar-refractivity contribution in [3.63, 3.8) is 0 Å². The van der Waals surface area contributed by atoms with E-state index in [9.17, 15) is 14.9 Å². The van der Waals surface area contributed by atoms with Crippen LogP contribution in [0.15, 0.2) is 48.7 Å². The highest BCUT2D eigenvalue weighted by Gasteiger charge is 2.19. The van der Waals surface area contributed by atoms with E-state index < -0.39 is 11.0 Å². The number of para-hydroxylation sites is 1. The fourth-order valence-electron chi connectivity index (χ4n) is 1.70. The van der Waals surface area contributed by atoms with Crippen LogP contribution in [0.3, 0.4) is 0 Å². The van der Waals surface area contributed by atoms with Crippen LogP contribution in [0.25, 0.3) is 0 Å². The average molecular weight is 286 g/mol. The van der Waals surface area contributed by atoms with Crippen molar-refractivity contribution >= 4 is 23.1 Å². The Hall–Kier alpha value is -2.96. The molecule has 2 N–H and O–H groups in total. The molecule has 0 radical (unpaired) electrons. The highest BCUT2D eigenvalue weighted by molar-refractivity contribution is 5.96. The summed E-state index contributed by atoms with van der Waals surface area (Å²) in [4.78, 5) is 26.3. The Kier molecular flexibility index (Phi) is 4.45. The highest BCUT2D eigenvalue weighted by atomic mass is 16.6. The van der Waals surface area contributed by atoms with E-state index in [0.29, 0.717) is 5.69 Å². The van der Waals surface area contributed by atoms with Gasteiger partial charge in [0.2, 0.25) is 11.7 Å². The first-order valence-corrected chi connectivity index (χ1v) is 6.30. The number of amides is 1. The SMILES string of the molecule is C[C@H](Nc1ncccc1[N+](=O)[O-])C(=O)Nc1ccccc1. The molecule has 2 rings (SSSR count). The molecule has 0 saturated carbocycles. The molecule has 7 nitrogen and oxygen atoms in total. The smallest absolute Gasteiger partial charge is 0.311 e. The third kappa shape index (κ3) is 3.75. The fraction of sp³-hybridized carbons (Fsp3) is 0.143. The van der Waals surface area contributed by atoms with Crippen molar-refractivity contribution in [3.05, 3.63) is 58.8 Å². The van der Waals surface area contributed by atoms with Crippen LogP contribution < -0.4 is 10.6 Å². The van der Waals surface area contributed by atoms with E-state index in [4.69, 9.17) is 0 Å². The molecule has 1 aromatic heterocycles. The molecular formula is C14H14N4O3. The van der Waals surface area contributed by atoms with Crippen LogP contribution in [-0.2, 0) is 4.79 Å². The Labute approximate surface area is 121 Å². The van der Waals surface area contributed by atoms with Gasteiger partial charge in [0.1, 0.15) is 6.04 Å². The number of nitrogens with one attached hydrogen (secondary N) is 2. The van der Waals surface area contributed by atoms with E-state index in [0.717, 1.165) is 0 Å². The van der Waals surface area contributed by atoms with Gasteiger partial charge in [0.05, 0.1) is 4.92 Å². The second-order valence-corrected chi connectivity index (χ2v) is 4.35. The van der Waals surface area contributed by atoms with Crippen molar-refractivity contribution < 1.29 is 9.72 Å². The molecule has 0 fully saturated rings. The Balaban J connectivity index is 2.06. The minimum Gasteiger partial charge on any atom is -0.353 e. The molecule has 0 saturated heterocycles. The van der Waals surface area contributed by atoms with E-state index in [1.807, 2.05) is 6.07 Å². The lowest BCUT2D eigenvalue weighted by atomic mass is 10.2. The van der Waals surface area contributed by atoms with Gasteiger partial charge >= 0.3 is 5.69 Å². The lowest BCUT2D eigenvalue weighted by Gasteiger charge is -2.14. The molecule has 1 amide bonds. The van der Waals surface area contributed by atoms with Crippen molar-refractivity contribution in [1.82, 2.24) is 4.98 Å². The van der Waals surface area contributed by atoms with Crippen LogP contribution in [0, 0.1) is 10.1 Å². The lowest BCUT2D eigenvalue weighted by Crippen LogP contribution is -2.32. The molecular weight excluding hydrogens is 272 g/mol. The fourth-order valence-corrected chi connectivity index (χ4v) is 1.70. The number of carbonyl (C=O) groups is 1. The molecule has 1 aromatic carbocycles. The van der Waals surface area contributed by atoms with E-state index >= 15 is 0 Å². The van der Waals surface area contributed by atoms with Crippen molar-refractivity contribution in [3.8, 4) is 0 Å².